The summed E-state index contributed by atoms with van der Waals surface area (Å²) in [5.41, 5.74) is 8.11. The van der Waals surface area contributed by atoms with E-state index in [0.29, 0.717) is 30.3 Å². The fourth-order valence-corrected chi connectivity index (χ4v) is 5.21. The van der Waals surface area contributed by atoms with E-state index in [-0.39, 0.29) is 24.2 Å². The number of H-pyrrole nitrogens is 1. The Balaban J connectivity index is 1.65. The number of amides is 2. The van der Waals surface area contributed by atoms with Gasteiger partial charge in [0, 0.05) is 41.8 Å². The summed E-state index contributed by atoms with van der Waals surface area (Å²) in [5.74, 6) is -0.640. The molecule has 0 unspecified atom stereocenters. The molecular formula is C23H23FN4O2. The summed E-state index contributed by atoms with van der Waals surface area (Å²) in [7, 11) is 0. The van der Waals surface area contributed by atoms with Crippen LogP contribution in [0.25, 0.3) is 21.8 Å². The van der Waals surface area contributed by atoms with E-state index in [2.05, 4.69) is 11.6 Å². The van der Waals surface area contributed by atoms with E-state index in [1.807, 2.05) is 34.1 Å². The molecule has 3 aromatic rings. The van der Waals surface area contributed by atoms with E-state index in [1.54, 1.807) is 0 Å². The first-order valence-corrected chi connectivity index (χ1v) is 10.2. The van der Waals surface area contributed by atoms with Gasteiger partial charge in [-0.2, -0.15) is 0 Å². The van der Waals surface area contributed by atoms with Crippen molar-refractivity contribution in [3.8, 4) is 0 Å². The van der Waals surface area contributed by atoms with Crippen LogP contribution in [0.2, 0.25) is 0 Å². The number of hydrogen-bond acceptors (Lipinski definition) is 3. The number of aromatic amines is 1. The van der Waals surface area contributed by atoms with Crippen LogP contribution >= 0.6 is 0 Å². The van der Waals surface area contributed by atoms with E-state index >= 15 is 4.39 Å². The summed E-state index contributed by atoms with van der Waals surface area (Å²) in [6.45, 7) is 5.59. The normalized spacial score (nSPS) is 20.8. The molecule has 2 fully saturated rings. The molecule has 3 N–H and O–H groups in total. The van der Waals surface area contributed by atoms with Crippen molar-refractivity contribution >= 4 is 39.3 Å². The monoisotopic (exact) mass is 406 g/mol. The maximum Gasteiger partial charge on any atom is 0.246 e. The Hall–Kier alpha value is -3.35. The molecule has 0 spiro atoms. The van der Waals surface area contributed by atoms with E-state index in [1.165, 1.54) is 12.1 Å². The maximum atomic E-state index is 15.5. The van der Waals surface area contributed by atoms with Crippen LogP contribution in [0.4, 0.5) is 10.1 Å². The molecule has 0 radical (unpaired) electrons. The molecule has 0 saturated carbocycles. The minimum Gasteiger partial charge on any atom is -0.369 e. The van der Waals surface area contributed by atoms with E-state index in [9.17, 15) is 9.59 Å². The largest absolute Gasteiger partial charge is 0.369 e. The van der Waals surface area contributed by atoms with E-state index < -0.39 is 5.91 Å². The second-order valence-corrected chi connectivity index (χ2v) is 8.19. The number of likely N-dealkylation sites (tertiary alicyclic amines) is 1. The van der Waals surface area contributed by atoms with Crippen LogP contribution in [0, 0.1) is 11.7 Å². The van der Waals surface area contributed by atoms with Crippen molar-refractivity contribution in [1.82, 2.24) is 9.88 Å². The third-order valence-electron chi connectivity index (χ3n) is 6.48. The van der Waals surface area contributed by atoms with Gasteiger partial charge in [-0.25, -0.2) is 4.39 Å². The highest BCUT2D eigenvalue weighted by molar-refractivity contribution is 6.15. The molecule has 2 aliphatic heterocycles. The maximum absolute atomic E-state index is 15.5. The van der Waals surface area contributed by atoms with Gasteiger partial charge in [0.15, 0.2) is 0 Å². The molecule has 2 amide bonds. The number of nitrogens with zero attached hydrogens (tertiary/aromatic N) is 2. The van der Waals surface area contributed by atoms with Gasteiger partial charge in [0.05, 0.1) is 23.7 Å². The average molecular weight is 406 g/mol. The summed E-state index contributed by atoms with van der Waals surface area (Å²) >= 11 is 0. The third-order valence-corrected chi connectivity index (χ3v) is 6.48. The van der Waals surface area contributed by atoms with E-state index in [4.69, 9.17) is 5.73 Å². The van der Waals surface area contributed by atoms with Crippen LogP contribution in [0.3, 0.4) is 0 Å². The molecule has 6 nitrogen and oxygen atoms in total. The molecule has 3 heterocycles. The van der Waals surface area contributed by atoms with Crippen molar-refractivity contribution < 1.29 is 14.0 Å². The second-order valence-electron chi connectivity index (χ2n) is 8.19. The SMILES string of the molecule is C=CC(=O)N1CC[C@@H]2CN(c3c(F)cc(CC(N)=O)c4[nH]c5ccccc5c34)C[C@@H]21. The van der Waals surface area contributed by atoms with Gasteiger partial charge in [0.25, 0.3) is 0 Å². The number of carbonyl (C=O) groups excluding carboxylic acids is 2. The molecule has 7 heteroatoms. The first-order chi connectivity index (χ1) is 14.5. The predicted molar refractivity (Wildman–Crippen MR) is 115 cm³/mol. The Morgan fingerprint density at radius 1 is 1.30 bits per heavy atom. The number of halogens is 1. The Kier molecular flexibility index (Phi) is 4.27. The lowest BCUT2D eigenvalue weighted by atomic mass is 10.0. The van der Waals surface area contributed by atoms with Gasteiger partial charge in [-0.1, -0.05) is 24.8 Å². The Labute approximate surface area is 173 Å². The van der Waals surface area contributed by atoms with Gasteiger partial charge in [-0.3, -0.25) is 9.59 Å². The Morgan fingerprint density at radius 3 is 2.87 bits per heavy atom. The fraction of sp³-hybridized carbons (Fsp3) is 0.304. The van der Waals surface area contributed by atoms with Crippen LogP contribution in [0.5, 0.6) is 0 Å². The topological polar surface area (TPSA) is 82.4 Å². The molecular weight excluding hydrogens is 383 g/mol. The third kappa shape index (κ3) is 2.76. The van der Waals surface area contributed by atoms with Gasteiger partial charge in [0.2, 0.25) is 11.8 Å². The zero-order valence-electron chi connectivity index (χ0n) is 16.5. The number of fused-ring (bicyclic) bond motifs is 4. The second kappa shape index (κ2) is 6.86. The average Bonchev–Trinajstić information content (AvgIpc) is 3.40. The Bertz CT molecular complexity index is 1200. The van der Waals surface area contributed by atoms with Crippen LogP contribution in [-0.4, -0.2) is 47.4 Å². The summed E-state index contributed by atoms with van der Waals surface area (Å²) in [6.07, 6.45) is 2.22. The standard InChI is InChI=1S/C23H23FN4O2/c1-2-20(30)28-8-7-13-11-27(12-18(13)28)23-16(24)9-14(10-19(25)29)22-21(23)15-5-3-4-6-17(15)26-22/h2-6,9,13,18,26H,1,7-8,10-12H2,(H2,25,29)/t13-,18+/m1/s1. The number of anilines is 1. The van der Waals surface area contributed by atoms with Gasteiger partial charge in [0.1, 0.15) is 5.82 Å². The number of nitrogens with one attached hydrogen (secondary N) is 1. The van der Waals surface area contributed by atoms with Crippen molar-refractivity contribution in [2.75, 3.05) is 24.5 Å². The lowest BCUT2D eigenvalue weighted by molar-refractivity contribution is -0.126. The van der Waals surface area contributed by atoms with Crippen molar-refractivity contribution in [2.45, 2.75) is 18.9 Å². The van der Waals surface area contributed by atoms with Crippen LogP contribution in [0.15, 0.2) is 43.0 Å². The van der Waals surface area contributed by atoms with E-state index in [0.717, 1.165) is 34.8 Å². The first-order valence-electron chi connectivity index (χ1n) is 10.2. The lowest BCUT2D eigenvalue weighted by Crippen LogP contribution is -2.38. The van der Waals surface area contributed by atoms with Gasteiger partial charge in [-0.15, -0.1) is 0 Å². The molecule has 2 aliphatic rings. The Morgan fingerprint density at radius 2 is 2.10 bits per heavy atom. The molecule has 2 saturated heterocycles. The van der Waals surface area contributed by atoms with Crippen molar-refractivity contribution in [3.05, 3.63) is 54.4 Å². The number of para-hydroxylation sites is 1. The van der Waals surface area contributed by atoms with Gasteiger partial charge < -0.3 is 20.5 Å². The molecule has 1 aromatic heterocycles. The molecule has 0 aliphatic carbocycles. The zero-order chi connectivity index (χ0) is 21.0. The summed E-state index contributed by atoms with van der Waals surface area (Å²) < 4.78 is 15.5. The van der Waals surface area contributed by atoms with Crippen LogP contribution < -0.4 is 10.6 Å². The zero-order valence-corrected chi connectivity index (χ0v) is 16.5. The number of hydrogen-bond donors (Lipinski definition) is 2. The van der Waals surface area contributed by atoms with Gasteiger partial charge in [-0.05, 0) is 30.2 Å². The molecule has 30 heavy (non-hydrogen) atoms. The van der Waals surface area contributed by atoms with Crippen LogP contribution in [-0.2, 0) is 16.0 Å². The molecule has 5 rings (SSSR count). The number of nitrogens with two attached hydrogens (primary N) is 1. The minimum atomic E-state index is -0.503. The summed E-state index contributed by atoms with van der Waals surface area (Å²) in [5, 5.41) is 1.67. The van der Waals surface area contributed by atoms with Crippen molar-refractivity contribution in [2.24, 2.45) is 11.7 Å². The minimum absolute atomic E-state index is 0.0343. The number of benzene rings is 2. The van der Waals surface area contributed by atoms with Crippen LogP contribution in [0.1, 0.15) is 12.0 Å². The molecule has 2 atom stereocenters. The quantitative estimate of drug-likeness (QED) is 0.654. The lowest BCUT2D eigenvalue weighted by Gasteiger charge is -2.26. The van der Waals surface area contributed by atoms with Crippen molar-refractivity contribution in [3.63, 3.8) is 0 Å². The van der Waals surface area contributed by atoms with Crippen molar-refractivity contribution in [1.29, 1.82) is 0 Å². The molecule has 0 bridgehead atoms. The highest BCUT2D eigenvalue weighted by atomic mass is 19.1. The van der Waals surface area contributed by atoms with Gasteiger partial charge >= 0.3 is 0 Å². The predicted octanol–water partition coefficient (Wildman–Crippen LogP) is 2.71. The highest BCUT2D eigenvalue weighted by Gasteiger charge is 2.43. The first kappa shape index (κ1) is 18.7. The highest BCUT2D eigenvalue weighted by Crippen LogP contribution is 2.42. The summed E-state index contributed by atoms with van der Waals surface area (Å²) in [4.78, 5) is 31.0. The smallest absolute Gasteiger partial charge is 0.246 e. The fourth-order valence-electron chi connectivity index (χ4n) is 5.21. The number of primary amides is 1. The number of rotatable bonds is 4. The molecule has 2 aromatic carbocycles. The number of aromatic nitrogens is 1. The summed E-state index contributed by atoms with van der Waals surface area (Å²) in [6, 6.07) is 9.20. The number of carbonyl (C=O) groups is 2. The molecule has 154 valence electrons.